The molecule has 0 saturated heterocycles. The van der Waals surface area contributed by atoms with Crippen molar-refractivity contribution in [3.63, 3.8) is 0 Å². The smallest absolute Gasteiger partial charge is 0.296 e. The van der Waals surface area contributed by atoms with Crippen LogP contribution in [0.2, 0.25) is 5.02 Å². The van der Waals surface area contributed by atoms with Gasteiger partial charge in [-0.25, -0.2) is 0 Å². The van der Waals surface area contributed by atoms with E-state index < -0.39 is 0 Å². The molecule has 23 heavy (non-hydrogen) atoms. The van der Waals surface area contributed by atoms with Gasteiger partial charge in [0.25, 0.3) is 5.56 Å². The third-order valence-electron chi connectivity index (χ3n) is 2.82. The number of thioether (sulfide) groups is 1. The molecule has 0 aliphatic heterocycles. The molecule has 0 fully saturated rings. The molecule has 0 unspecified atom stereocenters. The number of aromatic nitrogens is 3. The van der Waals surface area contributed by atoms with Crippen molar-refractivity contribution in [3.05, 3.63) is 38.8 Å². The van der Waals surface area contributed by atoms with Crippen molar-refractivity contribution in [2.24, 2.45) is 5.10 Å². The minimum Gasteiger partial charge on any atom is -0.503 e. The lowest BCUT2D eigenvalue weighted by atomic mass is 10.2. The summed E-state index contributed by atoms with van der Waals surface area (Å²) in [6, 6.07) is 3.10. The van der Waals surface area contributed by atoms with E-state index in [1.807, 2.05) is 0 Å². The molecular weight excluding hydrogens is 340 g/mol. The second-order valence-corrected chi connectivity index (χ2v) is 5.60. The zero-order valence-corrected chi connectivity index (χ0v) is 14.4. The van der Waals surface area contributed by atoms with Gasteiger partial charge in [0.05, 0.1) is 17.8 Å². The summed E-state index contributed by atoms with van der Waals surface area (Å²) in [6.07, 6.45) is 3.21. The topological polar surface area (TPSA) is 89.6 Å². The monoisotopic (exact) mass is 354 g/mol. The van der Waals surface area contributed by atoms with Gasteiger partial charge in [-0.15, -0.1) is 10.2 Å². The van der Waals surface area contributed by atoms with E-state index >= 15 is 0 Å². The summed E-state index contributed by atoms with van der Waals surface area (Å²) >= 11 is 7.22. The highest BCUT2D eigenvalue weighted by atomic mass is 35.5. The van der Waals surface area contributed by atoms with Crippen LogP contribution >= 0.6 is 23.4 Å². The van der Waals surface area contributed by atoms with Crippen LogP contribution in [0.15, 0.2) is 27.2 Å². The van der Waals surface area contributed by atoms with Gasteiger partial charge in [-0.05, 0) is 37.8 Å². The second kappa shape index (κ2) is 7.47. The average molecular weight is 355 g/mol. The Kier molecular flexibility index (Phi) is 5.62. The first-order valence-corrected chi connectivity index (χ1v) is 8.28. The van der Waals surface area contributed by atoms with Crippen molar-refractivity contribution >= 4 is 29.6 Å². The highest BCUT2D eigenvalue weighted by Crippen LogP contribution is 2.34. The largest absolute Gasteiger partial charge is 0.503 e. The maximum atomic E-state index is 12.1. The van der Waals surface area contributed by atoms with Crippen LogP contribution in [0.4, 0.5) is 0 Å². The summed E-state index contributed by atoms with van der Waals surface area (Å²) in [6.45, 7) is 3.74. The van der Waals surface area contributed by atoms with E-state index in [-0.39, 0.29) is 27.8 Å². The number of ether oxygens (including phenoxy) is 1. The Morgan fingerprint density at radius 2 is 2.22 bits per heavy atom. The molecule has 0 atom stereocenters. The number of rotatable bonds is 5. The van der Waals surface area contributed by atoms with Gasteiger partial charge in [0.1, 0.15) is 5.69 Å². The Hall–Kier alpha value is -2.06. The molecule has 0 amide bonds. The first-order chi connectivity index (χ1) is 11.0. The van der Waals surface area contributed by atoms with Gasteiger partial charge >= 0.3 is 0 Å². The molecule has 2 aromatic rings. The summed E-state index contributed by atoms with van der Waals surface area (Å²) in [5, 5.41) is 22.2. The molecule has 1 aromatic heterocycles. The van der Waals surface area contributed by atoms with Crippen LogP contribution in [-0.4, -0.2) is 39.1 Å². The van der Waals surface area contributed by atoms with E-state index in [2.05, 4.69) is 15.3 Å². The molecule has 1 N–H and O–H groups in total. The van der Waals surface area contributed by atoms with Crippen LogP contribution in [0.3, 0.4) is 0 Å². The normalized spacial score (nSPS) is 11.1. The van der Waals surface area contributed by atoms with Gasteiger partial charge in [-0.3, -0.25) is 4.79 Å². The van der Waals surface area contributed by atoms with E-state index in [1.54, 1.807) is 26.2 Å². The van der Waals surface area contributed by atoms with Crippen LogP contribution in [0.25, 0.3) is 0 Å². The zero-order valence-electron chi connectivity index (χ0n) is 12.8. The zero-order chi connectivity index (χ0) is 17.0. The minimum atomic E-state index is -0.351. The van der Waals surface area contributed by atoms with Gasteiger partial charge in [-0.1, -0.05) is 23.4 Å². The third kappa shape index (κ3) is 3.83. The van der Waals surface area contributed by atoms with E-state index in [4.69, 9.17) is 16.3 Å². The second-order valence-electron chi connectivity index (χ2n) is 4.42. The van der Waals surface area contributed by atoms with Gasteiger partial charge in [-0.2, -0.15) is 9.78 Å². The van der Waals surface area contributed by atoms with E-state index in [1.165, 1.54) is 24.0 Å². The van der Waals surface area contributed by atoms with E-state index in [9.17, 15) is 9.90 Å². The lowest BCUT2D eigenvalue weighted by Crippen LogP contribution is -2.23. The SMILES string of the molecule is CCOc1cc(/C=N\n2c(SC)nnc(C)c2=O)cc(Cl)c1O. The lowest BCUT2D eigenvalue weighted by Gasteiger charge is -2.08. The van der Waals surface area contributed by atoms with Crippen molar-refractivity contribution < 1.29 is 9.84 Å². The highest BCUT2D eigenvalue weighted by Gasteiger charge is 2.10. The number of benzene rings is 1. The molecular formula is C14H15ClN4O3S. The first kappa shape index (κ1) is 17.3. The molecule has 0 bridgehead atoms. The van der Waals surface area contributed by atoms with Gasteiger partial charge in [0.15, 0.2) is 11.5 Å². The Labute approximate surface area is 142 Å². The Bertz CT molecular complexity index is 807. The summed E-state index contributed by atoms with van der Waals surface area (Å²) in [4.78, 5) is 12.1. The fourth-order valence-corrected chi connectivity index (χ4v) is 2.37. The predicted octanol–water partition coefficient (Wildman–Crippen LogP) is 2.31. The highest BCUT2D eigenvalue weighted by molar-refractivity contribution is 7.98. The molecule has 0 aliphatic rings. The van der Waals surface area contributed by atoms with Crippen LogP contribution in [0.1, 0.15) is 18.2 Å². The maximum Gasteiger partial charge on any atom is 0.296 e. The standard InChI is InChI=1S/C14H15ClN4O3S/c1-4-22-11-6-9(5-10(15)12(11)20)7-16-19-13(21)8(2)17-18-14(19)23-3/h5-7,20H,4H2,1-3H3/b16-7-. The van der Waals surface area contributed by atoms with Crippen LogP contribution in [0, 0.1) is 6.92 Å². The molecule has 0 radical (unpaired) electrons. The molecule has 1 heterocycles. The maximum absolute atomic E-state index is 12.1. The lowest BCUT2D eigenvalue weighted by molar-refractivity contribution is 0.318. The first-order valence-electron chi connectivity index (χ1n) is 6.67. The van der Waals surface area contributed by atoms with Crippen molar-refractivity contribution in [2.45, 2.75) is 19.0 Å². The molecule has 0 aliphatic carbocycles. The fourth-order valence-electron chi connectivity index (χ4n) is 1.73. The summed E-state index contributed by atoms with van der Waals surface area (Å²) in [7, 11) is 0. The molecule has 2 rings (SSSR count). The van der Waals surface area contributed by atoms with Gasteiger partial charge in [0.2, 0.25) is 5.16 Å². The molecule has 0 spiro atoms. The van der Waals surface area contributed by atoms with Crippen molar-refractivity contribution in [3.8, 4) is 11.5 Å². The van der Waals surface area contributed by atoms with Crippen molar-refractivity contribution in [2.75, 3.05) is 12.9 Å². The quantitative estimate of drug-likeness (QED) is 0.654. The van der Waals surface area contributed by atoms with Crippen LogP contribution in [0.5, 0.6) is 11.5 Å². The number of aromatic hydroxyl groups is 1. The van der Waals surface area contributed by atoms with Crippen LogP contribution in [-0.2, 0) is 0 Å². The number of nitrogens with zero attached hydrogens (tertiary/aromatic N) is 4. The summed E-state index contributed by atoms with van der Waals surface area (Å²) in [5.41, 5.74) is 0.471. The van der Waals surface area contributed by atoms with Gasteiger partial charge in [0, 0.05) is 0 Å². The summed E-state index contributed by atoms with van der Waals surface area (Å²) in [5.74, 6) is 0.122. The number of aryl methyl sites for hydroxylation is 1. The number of hydrogen-bond donors (Lipinski definition) is 1. The van der Waals surface area contributed by atoms with Crippen LogP contribution < -0.4 is 10.3 Å². The average Bonchev–Trinajstić information content (AvgIpc) is 2.53. The van der Waals surface area contributed by atoms with E-state index in [0.717, 1.165) is 4.68 Å². The summed E-state index contributed by atoms with van der Waals surface area (Å²) < 4.78 is 6.47. The Morgan fingerprint density at radius 1 is 1.48 bits per heavy atom. The molecule has 7 nitrogen and oxygen atoms in total. The number of phenols is 1. The van der Waals surface area contributed by atoms with E-state index in [0.29, 0.717) is 17.3 Å². The van der Waals surface area contributed by atoms with Gasteiger partial charge < -0.3 is 9.84 Å². The minimum absolute atomic E-state index is 0.131. The Balaban J connectivity index is 2.45. The fraction of sp³-hybridized carbons (Fsp3) is 0.286. The number of halogens is 1. The number of hydrogen-bond acceptors (Lipinski definition) is 7. The molecule has 122 valence electrons. The number of phenolic OH excluding ortho intramolecular Hbond substituents is 1. The third-order valence-corrected chi connectivity index (χ3v) is 3.73. The Morgan fingerprint density at radius 3 is 2.87 bits per heavy atom. The van der Waals surface area contributed by atoms with Crippen molar-refractivity contribution in [1.29, 1.82) is 0 Å². The molecule has 9 heteroatoms. The molecule has 1 aromatic carbocycles. The molecule has 0 saturated carbocycles. The predicted molar refractivity (Wildman–Crippen MR) is 90.1 cm³/mol. The van der Waals surface area contributed by atoms with Crippen molar-refractivity contribution in [1.82, 2.24) is 14.9 Å².